The average molecular weight is 276 g/mol. The minimum atomic E-state index is -1.28. The van der Waals surface area contributed by atoms with Gasteiger partial charge in [0.05, 0.1) is 6.61 Å². The van der Waals surface area contributed by atoms with Gasteiger partial charge < -0.3 is 15.8 Å². The maximum absolute atomic E-state index is 12.0. The molecule has 0 aliphatic heterocycles. The van der Waals surface area contributed by atoms with Crippen LogP contribution in [-0.4, -0.2) is 24.5 Å². The van der Waals surface area contributed by atoms with Gasteiger partial charge in [-0.15, -0.1) is 0 Å². The topological polar surface area (TPSA) is 81.4 Å². The summed E-state index contributed by atoms with van der Waals surface area (Å²) in [5.74, 6) is -1.22. The highest BCUT2D eigenvalue weighted by molar-refractivity contribution is 6.08. The number of nitrogens with two attached hydrogens (primary N) is 1. The monoisotopic (exact) mass is 276 g/mol. The largest absolute Gasteiger partial charge is 0.464 e. The molecule has 1 atom stereocenters. The Kier molecular flexibility index (Phi) is 4.74. The van der Waals surface area contributed by atoms with Crippen molar-refractivity contribution >= 4 is 17.6 Å². The van der Waals surface area contributed by atoms with Crippen molar-refractivity contribution in [3.63, 3.8) is 0 Å². The van der Waals surface area contributed by atoms with E-state index in [2.05, 4.69) is 11.4 Å². The van der Waals surface area contributed by atoms with E-state index in [4.69, 9.17) is 10.5 Å². The molecule has 1 aromatic rings. The van der Waals surface area contributed by atoms with Gasteiger partial charge in [0.2, 0.25) is 0 Å². The predicted octanol–water partition coefficient (Wildman–Crippen LogP) is 1.39. The second-order valence-corrected chi connectivity index (χ2v) is 4.87. The number of carbonyl (C=O) groups is 2. The first-order valence-corrected chi connectivity index (χ1v) is 6.97. The van der Waals surface area contributed by atoms with Crippen LogP contribution >= 0.6 is 0 Å². The van der Waals surface area contributed by atoms with Crippen LogP contribution in [0, 0.1) is 0 Å². The molecule has 1 aliphatic rings. The smallest absolute Gasteiger partial charge is 0.332 e. The van der Waals surface area contributed by atoms with Crippen molar-refractivity contribution < 1.29 is 14.3 Å². The summed E-state index contributed by atoms with van der Waals surface area (Å²) in [6.07, 6.45) is 4.26. The van der Waals surface area contributed by atoms with Crippen LogP contribution in [0.5, 0.6) is 0 Å². The first kappa shape index (κ1) is 14.5. The minimum absolute atomic E-state index is 0.209. The summed E-state index contributed by atoms with van der Waals surface area (Å²) < 4.78 is 4.75. The zero-order valence-electron chi connectivity index (χ0n) is 11.6. The lowest BCUT2D eigenvalue weighted by Crippen LogP contribution is -2.43. The molecule has 0 saturated carbocycles. The van der Waals surface area contributed by atoms with Gasteiger partial charge in [-0.25, -0.2) is 4.79 Å². The summed E-state index contributed by atoms with van der Waals surface area (Å²) in [5, 5.41) is 2.74. The molecule has 1 aromatic carbocycles. The summed E-state index contributed by atoms with van der Waals surface area (Å²) in [6, 6.07) is 4.56. The molecule has 0 fully saturated rings. The van der Waals surface area contributed by atoms with Gasteiger partial charge in [-0.3, -0.25) is 4.79 Å². The molecule has 5 heteroatoms. The third kappa shape index (κ3) is 3.17. The zero-order chi connectivity index (χ0) is 14.5. The van der Waals surface area contributed by atoms with Gasteiger partial charge in [-0.2, -0.15) is 0 Å². The summed E-state index contributed by atoms with van der Waals surface area (Å²) in [5.41, 5.74) is 8.76. The number of ether oxygens (including phenoxy) is 1. The number of fused-ring (bicyclic) bond motifs is 1. The van der Waals surface area contributed by atoms with Crippen molar-refractivity contribution in [2.45, 2.75) is 38.6 Å². The Bertz CT molecular complexity index is 514. The number of carbonyl (C=O) groups excluding carboxylic acids is 2. The molecule has 20 heavy (non-hydrogen) atoms. The van der Waals surface area contributed by atoms with E-state index in [0.717, 1.165) is 30.5 Å². The summed E-state index contributed by atoms with van der Waals surface area (Å²) in [4.78, 5) is 23.4. The van der Waals surface area contributed by atoms with Crippen molar-refractivity contribution in [1.29, 1.82) is 0 Å². The Morgan fingerprint density at radius 2 is 2.10 bits per heavy atom. The lowest BCUT2D eigenvalue weighted by Gasteiger charge is -2.20. The van der Waals surface area contributed by atoms with Crippen LogP contribution in [0.25, 0.3) is 0 Å². The maximum Gasteiger partial charge on any atom is 0.332 e. The molecule has 0 spiro atoms. The minimum Gasteiger partial charge on any atom is -0.464 e. The number of rotatable bonds is 4. The number of esters is 1. The van der Waals surface area contributed by atoms with Crippen molar-refractivity contribution in [2.75, 3.05) is 11.9 Å². The average Bonchev–Trinajstić information content (AvgIpc) is 2.47. The summed E-state index contributed by atoms with van der Waals surface area (Å²) in [7, 11) is 0. The van der Waals surface area contributed by atoms with E-state index in [0.29, 0.717) is 0 Å². The number of amides is 1. The Hall–Kier alpha value is -1.88. The number of nitrogens with one attached hydrogen (secondary N) is 1. The van der Waals surface area contributed by atoms with Gasteiger partial charge in [0.1, 0.15) is 0 Å². The molecule has 0 saturated heterocycles. The first-order chi connectivity index (χ1) is 9.63. The Morgan fingerprint density at radius 3 is 2.85 bits per heavy atom. The molecular weight excluding hydrogens is 256 g/mol. The molecule has 2 rings (SSSR count). The fourth-order valence-electron chi connectivity index (χ4n) is 2.45. The van der Waals surface area contributed by atoms with Crippen molar-refractivity contribution in [2.24, 2.45) is 5.73 Å². The van der Waals surface area contributed by atoms with E-state index in [-0.39, 0.29) is 6.61 Å². The predicted molar refractivity (Wildman–Crippen MR) is 76.3 cm³/mol. The maximum atomic E-state index is 12.0. The third-order valence-electron chi connectivity index (χ3n) is 3.48. The normalized spacial score (nSPS) is 15.1. The standard InChI is InChI=1S/C15H20N2O3/c1-2-20-15(19)13(16)14(18)17-12-9-5-7-10-6-3-4-8-11(10)12/h5,7,9,13H,2-4,6,8,16H2,1H3,(H,17,18). The number of aryl methyl sites for hydroxylation is 1. The molecule has 1 unspecified atom stereocenters. The molecule has 3 N–H and O–H groups in total. The van der Waals surface area contributed by atoms with Crippen LogP contribution in [0.4, 0.5) is 5.69 Å². The highest BCUT2D eigenvalue weighted by atomic mass is 16.5. The Morgan fingerprint density at radius 1 is 1.35 bits per heavy atom. The van der Waals surface area contributed by atoms with Crippen molar-refractivity contribution in [1.82, 2.24) is 0 Å². The third-order valence-corrected chi connectivity index (χ3v) is 3.48. The van der Waals surface area contributed by atoms with Crippen LogP contribution < -0.4 is 11.1 Å². The van der Waals surface area contributed by atoms with Crippen molar-refractivity contribution in [3.05, 3.63) is 29.3 Å². The SMILES string of the molecule is CCOC(=O)C(N)C(=O)Nc1cccc2c1CCCC2. The molecule has 5 nitrogen and oxygen atoms in total. The summed E-state index contributed by atoms with van der Waals surface area (Å²) in [6.45, 7) is 1.89. The van der Waals surface area contributed by atoms with Gasteiger partial charge in [0, 0.05) is 5.69 Å². The van der Waals surface area contributed by atoms with E-state index in [1.54, 1.807) is 6.92 Å². The van der Waals surface area contributed by atoms with Gasteiger partial charge in [-0.05, 0) is 49.8 Å². The second-order valence-electron chi connectivity index (χ2n) is 4.87. The summed E-state index contributed by atoms with van der Waals surface area (Å²) >= 11 is 0. The first-order valence-electron chi connectivity index (χ1n) is 6.97. The van der Waals surface area contributed by atoms with Crippen LogP contribution in [0.1, 0.15) is 30.9 Å². The van der Waals surface area contributed by atoms with Crippen LogP contribution in [0.3, 0.4) is 0 Å². The second kappa shape index (κ2) is 6.52. The molecule has 0 radical (unpaired) electrons. The lowest BCUT2D eigenvalue weighted by molar-refractivity contribution is -0.146. The highest BCUT2D eigenvalue weighted by Crippen LogP contribution is 2.27. The van der Waals surface area contributed by atoms with E-state index in [9.17, 15) is 9.59 Å². The fraction of sp³-hybridized carbons (Fsp3) is 0.467. The number of benzene rings is 1. The van der Waals surface area contributed by atoms with Gasteiger partial charge in [0.15, 0.2) is 6.04 Å². The molecule has 1 amide bonds. The Balaban J connectivity index is 2.10. The number of hydrogen-bond donors (Lipinski definition) is 2. The van der Waals surface area contributed by atoms with Crippen LogP contribution in [0.15, 0.2) is 18.2 Å². The van der Waals surface area contributed by atoms with Gasteiger partial charge in [-0.1, -0.05) is 12.1 Å². The molecule has 0 aromatic heterocycles. The Labute approximate surface area is 118 Å². The van der Waals surface area contributed by atoms with E-state index in [1.165, 1.54) is 12.0 Å². The zero-order valence-corrected chi connectivity index (χ0v) is 11.6. The van der Waals surface area contributed by atoms with E-state index >= 15 is 0 Å². The van der Waals surface area contributed by atoms with Crippen molar-refractivity contribution in [3.8, 4) is 0 Å². The number of hydrogen-bond acceptors (Lipinski definition) is 4. The van der Waals surface area contributed by atoms with Gasteiger partial charge >= 0.3 is 5.97 Å². The molecule has 1 aliphatic carbocycles. The molecule has 0 heterocycles. The quantitative estimate of drug-likeness (QED) is 0.643. The number of anilines is 1. The molecular formula is C15H20N2O3. The van der Waals surface area contributed by atoms with E-state index < -0.39 is 17.9 Å². The highest BCUT2D eigenvalue weighted by Gasteiger charge is 2.24. The fourth-order valence-corrected chi connectivity index (χ4v) is 2.45. The van der Waals surface area contributed by atoms with Gasteiger partial charge in [0.25, 0.3) is 5.91 Å². The van der Waals surface area contributed by atoms with Crippen LogP contribution in [-0.2, 0) is 27.2 Å². The molecule has 0 bridgehead atoms. The van der Waals surface area contributed by atoms with Crippen LogP contribution in [0.2, 0.25) is 0 Å². The molecule has 108 valence electrons. The van der Waals surface area contributed by atoms with E-state index in [1.807, 2.05) is 12.1 Å². The lowest BCUT2D eigenvalue weighted by atomic mass is 9.90.